The highest BCUT2D eigenvalue weighted by Crippen LogP contribution is 2.23. The molecule has 0 aliphatic carbocycles. The third-order valence-corrected chi connectivity index (χ3v) is 3.38. The summed E-state index contributed by atoms with van der Waals surface area (Å²) < 4.78 is 0. The highest BCUT2D eigenvalue weighted by atomic mass is 32.1. The van der Waals surface area contributed by atoms with Crippen LogP contribution in [0.2, 0.25) is 0 Å². The Labute approximate surface area is 83.6 Å². The molecule has 4 heteroatoms. The molecule has 2 unspecified atom stereocenters. The highest BCUT2D eigenvalue weighted by molar-refractivity contribution is 7.11. The molecule has 0 spiro atoms. The van der Waals surface area contributed by atoms with Crippen molar-refractivity contribution in [3.05, 3.63) is 10.0 Å². The van der Waals surface area contributed by atoms with E-state index in [-0.39, 0.29) is 0 Å². The molecule has 0 saturated carbocycles. The molecule has 1 rings (SSSR count). The number of hydrogen-bond donors (Lipinski definition) is 1. The highest BCUT2D eigenvalue weighted by Gasteiger charge is 2.18. The second-order valence-electron chi connectivity index (χ2n) is 3.25. The molecule has 0 bridgehead atoms. The first-order valence-corrected chi connectivity index (χ1v) is 5.48. The van der Waals surface area contributed by atoms with Crippen molar-refractivity contribution in [2.24, 2.45) is 0 Å². The summed E-state index contributed by atoms with van der Waals surface area (Å²) in [6.07, 6.45) is 1.12. The van der Waals surface area contributed by atoms with Crippen molar-refractivity contribution in [2.45, 2.75) is 39.2 Å². The van der Waals surface area contributed by atoms with Gasteiger partial charge in [0.15, 0.2) is 0 Å². The van der Waals surface area contributed by atoms with Crippen LogP contribution in [0.25, 0.3) is 0 Å². The van der Waals surface area contributed by atoms with Gasteiger partial charge in [-0.2, -0.15) is 0 Å². The Morgan fingerprint density at radius 3 is 2.54 bits per heavy atom. The SMILES string of the molecule is CCC(NC)C(C)c1nnc(C)s1. The van der Waals surface area contributed by atoms with Crippen molar-refractivity contribution < 1.29 is 0 Å². The van der Waals surface area contributed by atoms with Gasteiger partial charge in [-0.1, -0.05) is 13.8 Å². The summed E-state index contributed by atoms with van der Waals surface area (Å²) in [4.78, 5) is 0. The quantitative estimate of drug-likeness (QED) is 0.805. The smallest absolute Gasteiger partial charge is 0.121 e. The number of likely N-dealkylation sites (N-methyl/N-ethyl adjacent to an activating group) is 1. The Hall–Kier alpha value is -0.480. The molecule has 0 aliphatic heterocycles. The molecule has 0 radical (unpaired) electrons. The van der Waals surface area contributed by atoms with Crippen LogP contribution >= 0.6 is 11.3 Å². The van der Waals surface area contributed by atoms with Crippen molar-refractivity contribution in [3.8, 4) is 0 Å². The molecule has 3 nitrogen and oxygen atoms in total. The van der Waals surface area contributed by atoms with Gasteiger partial charge in [0.05, 0.1) is 0 Å². The Bertz CT molecular complexity index is 255. The van der Waals surface area contributed by atoms with Gasteiger partial charge in [0.1, 0.15) is 10.0 Å². The standard InChI is InChI=1S/C9H17N3S/c1-5-8(10-4)6(2)9-12-11-7(3)13-9/h6,8,10H,5H2,1-4H3. The van der Waals surface area contributed by atoms with Gasteiger partial charge in [0.25, 0.3) is 0 Å². The minimum Gasteiger partial charge on any atom is -0.316 e. The van der Waals surface area contributed by atoms with Crippen LogP contribution in [0.5, 0.6) is 0 Å². The predicted octanol–water partition coefficient (Wildman–Crippen LogP) is 1.95. The fourth-order valence-electron chi connectivity index (χ4n) is 1.48. The van der Waals surface area contributed by atoms with E-state index in [1.165, 1.54) is 0 Å². The topological polar surface area (TPSA) is 37.8 Å². The molecule has 1 aromatic heterocycles. The molecule has 13 heavy (non-hydrogen) atoms. The lowest BCUT2D eigenvalue weighted by atomic mass is 10.0. The van der Waals surface area contributed by atoms with Gasteiger partial charge in [-0.15, -0.1) is 21.5 Å². The summed E-state index contributed by atoms with van der Waals surface area (Å²) >= 11 is 1.69. The van der Waals surface area contributed by atoms with Gasteiger partial charge >= 0.3 is 0 Å². The summed E-state index contributed by atoms with van der Waals surface area (Å²) in [5, 5.41) is 13.7. The number of rotatable bonds is 4. The molecule has 0 saturated heterocycles. The van der Waals surface area contributed by atoms with Crippen molar-refractivity contribution in [3.63, 3.8) is 0 Å². The fourth-order valence-corrected chi connectivity index (χ4v) is 2.29. The molecule has 1 aromatic rings. The maximum atomic E-state index is 4.16. The first-order chi connectivity index (χ1) is 6.19. The van der Waals surface area contributed by atoms with Crippen molar-refractivity contribution in [2.75, 3.05) is 7.05 Å². The minimum absolute atomic E-state index is 0.459. The van der Waals surface area contributed by atoms with E-state index in [0.717, 1.165) is 16.4 Å². The summed E-state index contributed by atoms with van der Waals surface area (Å²) in [6.45, 7) is 6.38. The Kier molecular flexibility index (Phi) is 3.81. The third kappa shape index (κ3) is 2.48. The van der Waals surface area contributed by atoms with Gasteiger partial charge in [-0.25, -0.2) is 0 Å². The van der Waals surface area contributed by atoms with Crippen LogP contribution in [0.4, 0.5) is 0 Å². The monoisotopic (exact) mass is 199 g/mol. The van der Waals surface area contributed by atoms with Crippen LogP contribution < -0.4 is 5.32 Å². The average molecular weight is 199 g/mol. The minimum atomic E-state index is 0.459. The van der Waals surface area contributed by atoms with Gasteiger partial charge in [-0.3, -0.25) is 0 Å². The van der Waals surface area contributed by atoms with E-state index in [9.17, 15) is 0 Å². The van der Waals surface area contributed by atoms with Crippen LogP contribution in [0.3, 0.4) is 0 Å². The molecular formula is C9H17N3S. The Morgan fingerprint density at radius 2 is 2.15 bits per heavy atom. The summed E-state index contributed by atoms with van der Waals surface area (Å²) in [5.74, 6) is 0.459. The molecule has 0 fully saturated rings. The van der Waals surface area contributed by atoms with E-state index in [4.69, 9.17) is 0 Å². The molecule has 0 aliphatic rings. The lowest BCUT2D eigenvalue weighted by Crippen LogP contribution is -2.29. The van der Waals surface area contributed by atoms with E-state index in [2.05, 4.69) is 29.4 Å². The zero-order chi connectivity index (χ0) is 9.84. The summed E-state index contributed by atoms with van der Waals surface area (Å²) in [7, 11) is 2.00. The molecule has 0 amide bonds. The van der Waals surface area contributed by atoms with E-state index in [1.54, 1.807) is 11.3 Å². The number of aryl methyl sites for hydroxylation is 1. The largest absolute Gasteiger partial charge is 0.316 e. The van der Waals surface area contributed by atoms with Crippen molar-refractivity contribution in [1.82, 2.24) is 15.5 Å². The lowest BCUT2D eigenvalue weighted by molar-refractivity contribution is 0.469. The number of aromatic nitrogens is 2. The van der Waals surface area contributed by atoms with Gasteiger partial charge in [-0.05, 0) is 20.4 Å². The Balaban J connectivity index is 2.71. The third-order valence-electron chi connectivity index (χ3n) is 2.35. The van der Waals surface area contributed by atoms with Gasteiger partial charge < -0.3 is 5.32 Å². The van der Waals surface area contributed by atoms with Gasteiger partial charge in [0.2, 0.25) is 0 Å². The van der Waals surface area contributed by atoms with E-state index in [0.29, 0.717) is 12.0 Å². The number of nitrogens with zero attached hydrogens (tertiary/aromatic N) is 2. The van der Waals surface area contributed by atoms with Crippen LogP contribution in [0.1, 0.15) is 36.2 Å². The zero-order valence-corrected chi connectivity index (χ0v) is 9.48. The van der Waals surface area contributed by atoms with E-state index >= 15 is 0 Å². The van der Waals surface area contributed by atoms with Crippen molar-refractivity contribution >= 4 is 11.3 Å². The first-order valence-electron chi connectivity index (χ1n) is 4.66. The second kappa shape index (κ2) is 4.67. The maximum absolute atomic E-state index is 4.16. The van der Waals surface area contributed by atoms with E-state index in [1.807, 2.05) is 14.0 Å². The maximum Gasteiger partial charge on any atom is 0.121 e. The fraction of sp³-hybridized carbons (Fsp3) is 0.778. The van der Waals surface area contributed by atoms with Crippen LogP contribution in [-0.2, 0) is 0 Å². The number of hydrogen-bond acceptors (Lipinski definition) is 4. The Morgan fingerprint density at radius 1 is 1.46 bits per heavy atom. The molecule has 1 heterocycles. The summed E-state index contributed by atoms with van der Waals surface area (Å²) in [6, 6.07) is 0.507. The zero-order valence-electron chi connectivity index (χ0n) is 8.66. The summed E-state index contributed by atoms with van der Waals surface area (Å²) in [5.41, 5.74) is 0. The molecule has 0 aromatic carbocycles. The first kappa shape index (κ1) is 10.6. The second-order valence-corrected chi connectivity index (χ2v) is 4.46. The molecule has 1 N–H and O–H groups in total. The van der Waals surface area contributed by atoms with Crippen molar-refractivity contribution in [1.29, 1.82) is 0 Å². The molecule has 74 valence electrons. The molecular weight excluding hydrogens is 182 g/mol. The number of nitrogens with one attached hydrogen (secondary N) is 1. The van der Waals surface area contributed by atoms with Crippen LogP contribution in [-0.4, -0.2) is 23.3 Å². The predicted molar refractivity (Wildman–Crippen MR) is 56.2 cm³/mol. The van der Waals surface area contributed by atoms with Gasteiger partial charge in [0, 0.05) is 12.0 Å². The average Bonchev–Trinajstić information content (AvgIpc) is 2.54. The normalized spacial score (nSPS) is 15.7. The van der Waals surface area contributed by atoms with Crippen LogP contribution in [0.15, 0.2) is 0 Å². The molecule has 2 atom stereocenters. The van der Waals surface area contributed by atoms with Crippen LogP contribution in [0, 0.1) is 6.92 Å². The lowest BCUT2D eigenvalue weighted by Gasteiger charge is -2.19. The van der Waals surface area contributed by atoms with E-state index < -0.39 is 0 Å².